The molecular weight excluding hydrogens is 194 g/mol. The number of pyridine rings is 1. The molecule has 0 saturated carbocycles. The Balaban J connectivity index is 2.15. The van der Waals surface area contributed by atoms with Crippen LogP contribution in [0, 0.1) is 0 Å². The summed E-state index contributed by atoms with van der Waals surface area (Å²) in [4.78, 5) is 19.5. The molecule has 1 aromatic rings. The van der Waals surface area contributed by atoms with Crippen molar-refractivity contribution in [2.75, 3.05) is 11.9 Å². The first-order valence-electron chi connectivity index (χ1n) is 4.72. The van der Waals surface area contributed by atoms with Crippen LogP contribution in [0.4, 0.5) is 5.82 Å². The summed E-state index contributed by atoms with van der Waals surface area (Å²) in [6.07, 6.45) is 2.61. The SMILES string of the molecule is CCOC(=O)C1N=Cc2cccnc2N1. The van der Waals surface area contributed by atoms with Gasteiger partial charge in [-0.2, -0.15) is 0 Å². The Bertz CT molecular complexity index is 403. The molecule has 1 N–H and O–H groups in total. The molecule has 0 spiro atoms. The third-order valence-electron chi connectivity index (χ3n) is 1.98. The number of aromatic nitrogens is 1. The number of aliphatic imine (C=N–C) groups is 1. The first-order chi connectivity index (χ1) is 7.31. The lowest BCUT2D eigenvalue weighted by molar-refractivity contribution is -0.143. The molecule has 0 radical (unpaired) electrons. The van der Waals surface area contributed by atoms with Crippen LogP contribution in [0.25, 0.3) is 0 Å². The molecule has 0 bridgehead atoms. The molecule has 5 heteroatoms. The van der Waals surface area contributed by atoms with E-state index in [1.807, 2.05) is 12.1 Å². The molecule has 0 aromatic carbocycles. The highest BCUT2D eigenvalue weighted by atomic mass is 16.5. The molecule has 5 nitrogen and oxygen atoms in total. The first kappa shape index (κ1) is 9.64. The van der Waals surface area contributed by atoms with Crippen LogP contribution in [0.1, 0.15) is 12.5 Å². The quantitative estimate of drug-likeness (QED) is 0.726. The summed E-state index contributed by atoms with van der Waals surface area (Å²) in [6.45, 7) is 2.11. The Morgan fingerprint density at radius 3 is 3.33 bits per heavy atom. The number of ether oxygens (including phenoxy) is 1. The molecule has 0 amide bonds. The zero-order chi connectivity index (χ0) is 10.7. The van der Waals surface area contributed by atoms with Gasteiger partial charge in [-0.3, -0.25) is 4.99 Å². The topological polar surface area (TPSA) is 63.6 Å². The number of esters is 1. The van der Waals surface area contributed by atoms with Gasteiger partial charge in [0.05, 0.1) is 6.61 Å². The summed E-state index contributed by atoms with van der Waals surface area (Å²) in [5, 5.41) is 2.90. The van der Waals surface area contributed by atoms with Crippen molar-refractivity contribution in [1.82, 2.24) is 4.98 Å². The van der Waals surface area contributed by atoms with Crippen molar-refractivity contribution >= 4 is 18.0 Å². The van der Waals surface area contributed by atoms with E-state index in [2.05, 4.69) is 15.3 Å². The Hall–Kier alpha value is -1.91. The molecule has 1 aromatic heterocycles. The van der Waals surface area contributed by atoms with Crippen LogP contribution in [0.15, 0.2) is 23.3 Å². The molecule has 1 atom stereocenters. The van der Waals surface area contributed by atoms with Gasteiger partial charge in [0.15, 0.2) is 0 Å². The first-order valence-corrected chi connectivity index (χ1v) is 4.72. The van der Waals surface area contributed by atoms with Crippen LogP contribution in [0.2, 0.25) is 0 Å². The van der Waals surface area contributed by atoms with E-state index >= 15 is 0 Å². The summed E-state index contributed by atoms with van der Waals surface area (Å²) < 4.78 is 4.85. The largest absolute Gasteiger partial charge is 0.463 e. The normalized spacial score (nSPS) is 17.8. The second-order valence-electron chi connectivity index (χ2n) is 3.02. The van der Waals surface area contributed by atoms with Crippen LogP contribution in [-0.2, 0) is 9.53 Å². The van der Waals surface area contributed by atoms with Crippen molar-refractivity contribution in [3.8, 4) is 0 Å². The summed E-state index contributed by atoms with van der Waals surface area (Å²) in [6, 6.07) is 3.69. The van der Waals surface area contributed by atoms with Gasteiger partial charge in [-0.1, -0.05) is 0 Å². The van der Waals surface area contributed by atoms with Gasteiger partial charge >= 0.3 is 5.97 Å². The lowest BCUT2D eigenvalue weighted by Gasteiger charge is -2.18. The standard InChI is InChI=1S/C10H11N3O2/c1-2-15-10(14)9-12-6-7-4-3-5-11-8(7)13-9/h3-6,9H,2H2,1H3,(H,11,13). The Morgan fingerprint density at radius 2 is 2.53 bits per heavy atom. The van der Waals surface area contributed by atoms with Gasteiger partial charge in [0.2, 0.25) is 6.17 Å². The predicted molar refractivity (Wildman–Crippen MR) is 55.9 cm³/mol. The van der Waals surface area contributed by atoms with Gasteiger partial charge in [-0.25, -0.2) is 9.78 Å². The highest BCUT2D eigenvalue weighted by Gasteiger charge is 2.22. The Kier molecular flexibility index (Phi) is 2.62. The second-order valence-corrected chi connectivity index (χ2v) is 3.02. The second kappa shape index (κ2) is 4.08. The zero-order valence-corrected chi connectivity index (χ0v) is 8.30. The molecule has 2 heterocycles. The van der Waals surface area contributed by atoms with Crippen LogP contribution >= 0.6 is 0 Å². The van der Waals surface area contributed by atoms with Gasteiger partial charge in [0, 0.05) is 18.0 Å². The number of nitrogens with zero attached hydrogens (tertiary/aromatic N) is 2. The summed E-state index contributed by atoms with van der Waals surface area (Å²) in [5.74, 6) is 0.274. The predicted octanol–water partition coefficient (Wildman–Crippen LogP) is 0.815. The maximum atomic E-state index is 11.4. The molecule has 0 fully saturated rings. The van der Waals surface area contributed by atoms with Crippen molar-refractivity contribution in [3.63, 3.8) is 0 Å². The summed E-state index contributed by atoms with van der Waals surface area (Å²) >= 11 is 0. The number of anilines is 1. The maximum Gasteiger partial charge on any atom is 0.351 e. The van der Waals surface area contributed by atoms with Crippen LogP contribution < -0.4 is 5.32 Å². The molecular formula is C10H11N3O2. The van der Waals surface area contributed by atoms with Crippen LogP contribution in [0.3, 0.4) is 0 Å². The zero-order valence-electron chi connectivity index (χ0n) is 8.30. The molecule has 78 valence electrons. The molecule has 1 aliphatic rings. The lowest BCUT2D eigenvalue weighted by Crippen LogP contribution is -2.32. The van der Waals surface area contributed by atoms with Crippen LogP contribution in [0.5, 0.6) is 0 Å². The van der Waals surface area contributed by atoms with Gasteiger partial charge in [-0.05, 0) is 19.1 Å². The minimum Gasteiger partial charge on any atom is -0.463 e. The number of hydrogen-bond donors (Lipinski definition) is 1. The third-order valence-corrected chi connectivity index (χ3v) is 1.98. The molecule has 15 heavy (non-hydrogen) atoms. The monoisotopic (exact) mass is 205 g/mol. The van der Waals surface area contributed by atoms with E-state index in [0.717, 1.165) is 5.56 Å². The van der Waals surface area contributed by atoms with E-state index in [4.69, 9.17) is 4.74 Å². The van der Waals surface area contributed by atoms with E-state index in [0.29, 0.717) is 12.4 Å². The van der Waals surface area contributed by atoms with E-state index in [-0.39, 0.29) is 5.97 Å². The van der Waals surface area contributed by atoms with Crippen molar-refractivity contribution in [1.29, 1.82) is 0 Å². The van der Waals surface area contributed by atoms with E-state index in [9.17, 15) is 4.79 Å². The summed E-state index contributed by atoms with van der Waals surface area (Å²) in [7, 11) is 0. The van der Waals surface area contributed by atoms with Crippen molar-refractivity contribution in [2.45, 2.75) is 13.1 Å². The van der Waals surface area contributed by atoms with Gasteiger partial charge < -0.3 is 10.1 Å². The number of fused-ring (bicyclic) bond motifs is 1. The van der Waals surface area contributed by atoms with E-state index in [1.54, 1.807) is 19.3 Å². The highest BCUT2D eigenvalue weighted by Crippen LogP contribution is 2.15. The minimum atomic E-state index is -0.674. The Morgan fingerprint density at radius 1 is 1.67 bits per heavy atom. The number of hydrogen-bond acceptors (Lipinski definition) is 5. The smallest absolute Gasteiger partial charge is 0.351 e. The van der Waals surface area contributed by atoms with E-state index < -0.39 is 6.17 Å². The number of carbonyl (C=O) groups excluding carboxylic acids is 1. The Labute approximate surface area is 87.2 Å². The molecule has 1 aliphatic heterocycles. The molecule has 1 unspecified atom stereocenters. The minimum absolute atomic E-state index is 0.349. The third kappa shape index (κ3) is 1.96. The van der Waals surface area contributed by atoms with Crippen molar-refractivity contribution in [2.24, 2.45) is 4.99 Å². The molecule has 0 aliphatic carbocycles. The van der Waals surface area contributed by atoms with Gasteiger partial charge in [0.1, 0.15) is 5.82 Å². The fourth-order valence-corrected chi connectivity index (χ4v) is 1.31. The van der Waals surface area contributed by atoms with Gasteiger partial charge in [-0.15, -0.1) is 0 Å². The maximum absolute atomic E-state index is 11.4. The average molecular weight is 205 g/mol. The molecule has 2 rings (SSSR count). The lowest BCUT2D eigenvalue weighted by atomic mass is 10.2. The van der Waals surface area contributed by atoms with Crippen LogP contribution in [-0.4, -0.2) is 29.9 Å². The van der Waals surface area contributed by atoms with E-state index in [1.165, 1.54) is 0 Å². The highest BCUT2D eigenvalue weighted by molar-refractivity contribution is 5.92. The average Bonchev–Trinajstić information content (AvgIpc) is 2.29. The van der Waals surface area contributed by atoms with Crippen molar-refractivity contribution < 1.29 is 9.53 Å². The number of rotatable bonds is 2. The summed E-state index contributed by atoms with van der Waals surface area (Å²) in [5.41, 5.74) is 0.873. The van der Waals surface area contributed by atoms with Crippen molar-refractivity contribution in [3.05, 3.63) is 23.9 Å². The number of carbonyl (C=O) groups is 1. The fourth-order valence-electron chi connectivity index (χ4n) is 1.31. The molecule has 0 saturated heterocycles. The van der Waals surface area contributed by atoms with Gasteiger partial charge in [0.25, 0.3) is 0 Å². The number of nitrogens with one attached hydrogen (secondary N) is 1. The fraction of sp³-hybridized carbons (Fsp3) is 0.300.